The zero-order chi connectivity index (χ0) is 45.9. The van der Waals surface area contributed by atoms with E-state index in [4.69, 9.17) is 0 Å². The molecule has 0 spiro atoms. The second-order valence-corrected chi connectivity index (χ2v) is 19.0. The minimum Gasteiger partial charge on any atom is -0.0616 e. The van der Waals surface area contributed by atoms with E-state index in [-0.39, 0.29) is 0 Å². The van der Waals surface area contributed by atoms with Crippen LogP contribution in [0.15, 0.2) is 255 Å². The Morgan fingerprint density at radius 2 is 0.371 bits per heavy atom. The molecule has 0 aliphatic heterocycles. The first-order chi connectivity index (χ1) is 34.8. The smallest absolute Gasteiger partial charge is 0.00199 e. The van der Waals surface area contributed by atoms with Gasteiger partial charge in [-0.2, -0.15) is 0 Å². The molecule has 322 valence electrons. The molecule has 0 saturated carbocycles. The lowest BCUT2D eigenvalue weighted by Gasteiger charge is -2.20. The maximum absolute atomic E-state index is 2.46. The molecule has 0 unspecified atom stereocenters. The van der Waals surface area contributed by atoms with Gasteiger partial charge < -0.3 is 0 Å². The molecule has 0 aliphatic carbocycles. The second kappa shape index (κ2) is 15.2. The number of rotatable bonds is 4. The predicted octanol–water partition coefficient (Wildman–Crippen LogP) is 19.9. The summed E-state index contributed by atoms with van der Waals surface area (Å²) in [4.78, 5) is 0. The molecule has 0 heterocycles. The SMILES string of the molecule is c1cc(-c2c3ccccc3c(-c3cccc(-c4cc5c6ccccc6c6ccccc6c5c5ccccc45)c3)c3ccccc23)cc(-c2cc3c4ccccc4c4ccccc4c3c3ccccc23)c1. The van der Waals surface area contributed by atoms with E-state index in [2.05, 4.69) is 255 Å². The molecule has 0 aliphatic rings. The quantitative estimate of drug-likeness (QED) is 0.122. The van der Waals surface area contributed by atoms with Gasteiger partial charge in [-0.05, 0) is 176 Å². The van der Waals surface area contributed by atoms with E-state index in [1.807, 2.05) is 0 Å². The summed E-state index contributed by atoms with van der Waals surface area (Å²) in [6.45, 7) is 0. The van der Waals surface area contributed by atoms with E-state index in [9.17, 15) is 0 Å². The fourth-order valence-corrected chi connectivity index (χ4v) is 12.4. The summed E-state index contributed by atoms with van der Waals surface area (Å²) in [6, 6.07) is 95.2. The van der Waals surface area contributed by atoms with Crippen LogP contribution in [0, 0.1) is 0 Å². The average molecular weight is 883 g/mol. The van der Waals surface area contributed by atoms with Crippen molar-refractivity contribution in [1.82, 2.24) is 0 Å². The molecule has 0 heteroatoms. The topological polar surface area (TPSA) is 0 Å². The first-order valence-corrected chi connectivity index (χ1v) is 24.4. The highest BCUT2D eigenvalue weighted by Gasteiger charge is 2.21. The lowest BCUT2D eigenvalue weighted by atomic mass is 9.83. The van der Waals surface area contributed by atoms with Gasteiger partial charge in [-0.25, -0.2) is 0 Å². The number of fused-ring (bicyclic) bond motifs is 18. The van der Waals surface area contributed by atoms with Gasteiger partial charge in [-0.15, -0.1) is 0 Å². The summed E-state index contributed by atoms with van der Waals surface area (Å²) in [5, 5.41) is 25.6. The standard InChI is InChI=1S/C70H42/c1-3-27-51-47(23-1)49-25-5-9-31-55(49)69-57-33-11-7-29-53(57)63(41-65(51)69)43-19-17-21-45(39-43)67-59-35-13-15-37-61(59)68(62-38-16-14-36-60(62)67)46-22-18-20-44(40-46)64-42-66-52-28-4-2-24-48(52)50-26-6-10-32-56(50)70(66)58-34-12-8-30-54(58)64/h1-42H. The Morgan fingerprint density at radius 1 is 0.143 bits per heavy atom. The van der Waals surface area contributed by atoms with Crippen molar-refractivity contribution in [3.05, 3.63) is 255 Å². The van der Waals surface area contributed by atoms with Crippen LogP contribution in [0.3, 0.4) is 0 Å². The summed E-state index contributed by atoms with van der Waals surface area (Å²) in [5.74, 6) is 0. The van der Waals surface area contributed by atoms with E-state index >= 15 is 0 Å². The molecular weight excluding hydrogens is 841 g/mol. The minimum absolute atomic E-state index is 1.21. The van der Waals surface area contributed by atoms with Gasteiger partial charge in [-0.3, -0.25) is 0 Å². The van der Waals surface area contributed by atoms with Crippen molar-refractivity contribution < 1.29 is 0 Å². The van der Waals surface area contributed by atoms with Gasteiger partial charge in [0.25, 0.3) is 0 Å². The fourth-order valence-electron chi connectivity index (χ4n) is 12.4. The highest BCUT2D eigenvalue weighted by Crippen LogP contribution is 2.48. The first-order valence-electron chi connectivity index (χ1n) is 24.4. The van der Waals surface area contributed by atoms with Gasteiger partial charge in [-0.1, -0.05) is 231 Å². The zero-order valence-electron chi connectivity index (χ0n) is 38.2. The zero-order valence-corrected chi connectivity index (χ0v) is 38.2. The highest BCUT2D eigenvalue weighted by atomic mass is 14.2. The van der Waals surface area contributed by atoms with Crippen molar-refractivity contribution in [3.63, 3.8) is 0 Å². The third-order valence-corrected chi connectivity index (χ3v) is 15.4. The van der Waals surface area contributed by atoms with Crippen LogP contribution in [-0.4, -0.2) is 0 Å². The molecular formula is C70H42. The van der Waals surface area contributed by atoms with Crippen molar-refractivity contribution in [2.24, 2.45) is 0 Å². The van der Waals surface area contributed by atoms with Crippen LogP contribution >= 0.6 is 0 Å². The molecule has 0 N–H and O–H groups in total. The summed E-state index contributed by atoms with van der Waals surface area (Å²) in [6.07, 6.45) is 0. The van der Waals surface area contributed by atoms with Crippen molar-refractivity contribution >= 4 is 108 Å². The third kappa shape index (κ3) is 5.65. The Hall–Kier alpha value is -9.10. The van der Waals surface area contributed by atoms with Crippen LogP contribution in [0.4, 0.5) is 0 Å². The van der Waals surface area contributed by atoms with Gasteiger partial charge in [0.2, 0.25) is 0 Å². The Balaban J connectivity index is 0.944. The normalized spacial score (nSPS) is 12.0. The van der Waals surface area contributed by atoms with E-state index < -0.39 is 0 Å². The largest absolute Gasteiger partial charge is 0.0616 e. The number of hydrogen-bond acceptors (Lipinski definition) is 0. The molecule has 0 atom stereocenters. The maximum Gasteiger partial charge on any atom is -0.00199 e. The first kappa shape index (κ1) is 38.9. The Labute approximate surface area is 404 Å². The molecule has 0 amide bonds. The monoisotopic (exact) mass is 882 g/mol. The third-order valence-electron chi connectivity index (χ3n) is 15.4. The second-order valence-electron chi connectivity index (χ2n) is 19.0. The highest BCUT2D eigenvalue weighted by molar-refractivity contribution is 6.35. The number of benzene rings is 15. The molecule has 15 aromatic rings. The number of hydrogen-bond donors (Lipinski definition) is 0. The summed E-state index contributed by atoms with van der Waals surface area (Å²) in [7, 11) is 0. The average Bonchev–Trinajstić information content (AvgIpc) is 3.44. The van der Waals surface area contributed by atoms with Gasteiger partial charge in [0, 0.05) is 0 Å². The molecule has 70 heavy (non-hydrogen) atoms. The fraction of sp³-hybridized carbons (Fsp3) is 0. The van der Waals surface area contributed by atoms with Crippen molar-refractivity contribution in [2.75, 3.05) is 0 Å². The van der Waals surface area contributed by atoms with Crippen LogP contribution in [0.1, 0.15) is 0 Å². The van der Waals surface area contributed by atoms with Gasteiger partial charge in [0.15, 0.2) is 0 Å². The lowest BCUT2D eigenvalue weighted by molar-refractivity contribution is 1.63. The summed E-state index contributed by atoms with van der Waals surface area (Å²) >= 11 is 0. The molecule has 15 aromatic carbocycles. The summed E-state index contributed by atoms with van der Waals surface area (Å²) in [5.41, 5.74) is 9.84. The van der Waals surface area contributed by atoms with Crippen LogP contribution < -0.4 is 0 Å². The summed E-state index contributed by atoms with van der Waals surface area (Å²) < 4.78 is 0. The maximum atomic E-state index is 2.46. The predicted molar refractivity (Wildman–Crippen MR) is 303 cm³/mol. The molecule has 0 bridgehead atoms. The molecule has 0 saturated heterocycles. The van der Waals surface area contributed by atoms with Crippen LogP contribution in [0.2, 0.25) is 0 Å². The lowest BCUT2D eigenvalue weighted by Crippen LogP contribution is -1.92. The van der Waals surface area contributed by atoms with Crippen molar-refractivity contribution in [2.45, 2.75) is 0 Å². The van der Waals surface area contributed by atoms with Gasteiger partial charge in [0.1, 0.15) is 0 Å². The van der Waals surface area contributed by atoms with E-state index in [0.717, 1.165) is 0 Å². The van der Waals surface area contributed by atoms with E-state index in [1.54, 1.807) is 0 Å². The van der Waals surface area contributed by atoms with Crippen molar-refractivity contribution in [1.29, 1.82) is 0 Å². The van der Waals surface area contributed by atoms with E-state index in [0.29, 0.717) is 0 Å². The minimum atomic E-state index is 1.21. The van der Waals surface area contributed by atoms with Gasteiger partial charge in [0.05, 0.1) is 0 Å². The van der Waals surface area contributed by atoms with Crippen LogP contribution in [0.25, 0.3) is 152 Å². The molecule has 15 rings (SSSR count). The molecule has 0 radical (unpaired) electrons. The molecule has 0 nitrogen and oxygen atoms in total. The van der Waals surface area contributed by atoms with Gasteiger partial charge >= 0.3 is 0 Å². The van der Waals surface area contributed by atoms with Crippen molar-refractivity contribution in [3.8, 4) is 44.5 Å². The Bertz CT molecular complexity index is 4350. The van der Waals surface area contributed by atoms with E-state index in [1.165, 1.54) is 152 Å². The molecule has 0 aromatic heterocycles. The molecule has 0 fully saturated rings. The van der Waals surface area contributed by atoms with Crippen LogP contribution in [0.5, 0.6) is 0 Å². The Morgan fingerprint density at radius 3 is 0.700 bits per heavy atom. The Kier molecular flexibility index (Phi) is 8.46. The van der Waals surface area contributed by atoms with Crippen LogP contribution in [-0.2, 0) is 0 Å².